The van der Waals surface area contributed by atoms with Crippen molar-refractivity contribution >= 4 is 28.2 Å². The minimum atomic E-state index is -0.474. The minimum Gasteiger partial charge on any atom is -0.376 e. The Balaban J connectivity index is 1.78. The summed E-state index contributed by atoms with van der Waals surface area (Å²) in [6.07, 6.45) is 1.60. The van der Waals surface area contributed by atoms with Crippen molar-refractivity contribution in [1.29, 1.82) is 0 Å². The Morgan fingerprint density at radius 2 is 2.00 bits per heavy atom. The molecule has 4 rings (SSSR count). The van der Waals surface area contributed by atoms with Gasteiger partial charge in [0.1, 0.15) is 11.1 Å². The predicted octanol–water partition coefficient (Wildman–Crippen LogP) is 4.67. The summed E-state index contributed by atoms with van der Waals surface area (Å²) in [5.41, 5.74) is 2.32. The first kappa shape index (κ1) is 15.4. The maximum Gasteiger partial charge on any atom is 0.172 e. The van der Waals surface area contributed by atoms with Crippen molar-refractivity contribution in [3.05, 3.63) is 70.6 Å². The van der Waals surface area contributed by atoms with Gasteiger partial charge in [0.15, 0.2) is 5.82 Å². The van der Waals surface area contributed by atoms with Crippen molar-refractivity contribution < 1.29 is 9.13 Å². The zero-order chi connectivity index (χ0) is 16.7. The van der Waals surface area contributed by atoms with Crippen LogP contribution in [-0.4, -0.2) is 18.2 Å². The third kappa shape index (κ3) is 2.34. The van der Waals surface area contributed by atoms with E-state index in [0.717, 1.165) is 16.5 Å². The van der Waals surface area contributed by atoms with Gasteiger partial charge in [-0.25, -0.2) is 4.39 Å². The number of nitrogens with zero attached hydrogens (tertiary/aromatic N) is 1. The zero-order valence-corrected chi connectivity index (χ0v) is 13.9. The summed E-state index contributed by atoms with van der Waals surface area (Å²) in [6.45, 7) is 2.90. The fraction of sp³-hybridized carbons (Fsp3) is 0.211. The largest absolute Gasteiger partial charge is 0.376 e. The van der Waals surface area contributed by atoms with Crippen molar-refractivity contribution in [3.8, 4) is 0 Å². The van der Waals surface area contributed by atoms with Crippen LogP contribution in [0.3, 0.4) is 0 Å². The van der Waals surface area contributed by atoms with Gasteiger partial charge >= 0.3 is 0 Å². The van der Waals surface area contributed by atoms with Crippen LogP contribution >= 0.6 is 11.6 Å². The summed E-state index contributed by atoms with van der Waals surface area (Å²) in [7, 11) is 0. The van der Waals surface area contributed by atoms with Gasteiger partial charge in [0, 0.05) is 16.6 Å². The quantitative estimate of drug-likeness (QED) is 0.750. The van der Waals surface area contributed by atoms with Gasteiger partial charge in [0.2, 0.25) is 0 Å². The molecular formula is C19H16ClFN2O. The molecule has 1 aromatic heterocycles. The number of anilines is 1. The molecule has 1 fully saturated rings. The summed E-state index contributed by atoms with van der Waals surface area (Å²) in [6, 6.07) is 13.0. The highest BCUT2D eigenvalue weighted by atomic mass is 35.5. The first-order valence-corrected chi connectivity index (χ1v) is 8.13. The number of hydrogen-bond donors (Lipinski definition) is 1. The fourth-order valence-electron chi connectivity index (χ4n) is 3.19. The number of fused-ring (bicyclic) bond motifs is 1. The van der Waals surface area contributed by atoms with Gasteiger partial charge in [0.05, 0.1) is 18.9 Å². The van der Waals surface area contributed by atoms with Gasteiger partial charge in [-0.1, -0.05) is 35.9 Å². The molecule has 2 aromatic carbocycles. The third-order valence-corrected chi connectivity index (χ3v) is 4.98. The van der Waals surface area contributed by atoms with Crippen LogP contribution in [-0.2, 0) is 10.3 Å². The Bertz CT molecular complexity index is 924. The summed E-state index contributed by atoms with van der Waals surface area (Å²) >= 11 is 6.26. The molecule has 24 heavy (non-hydrogen) atoms. The highest BCUT2D eigenvalue weighted by Gasteiger charge is 2.42. The van der Waals surface area contributed by atoms with E-state index in [-0.39, 0.29) is 5.82 Å². The van der Waals surface area contributed by atoms with Crippen molar-refractivity contribution in [3.63, 3.8) is 0 Å². The molecule has 5 heteroatoms. The number of hydrogen-bond acceptors (Lipinski definition) is 3. The van der Waals surface area contributed by atoms with E-state index in [2.05, 4.69) is 10.3 Å². The molecule has 1 saturated heterocycles. The van der Waals surface area contributed by atoms with E-state index in [9.17, 15) is 4.39 Å². The van der Waals surface area contributed by atoms with E-state index in [0.29, 0.717) is 29.4 Å². The van der Waals surface area contributed by atoms with Gasteiger partial charge < -0.3 is 10.1 Å². The van der Waals surface area contributed by atoms with Crippen LogP contribution in [0.2, 0.25) is 5.02 Å². The molecule has 0 spiro atoms. The number of nitrogens with one attached hydrogen (secondary N) is 1. The van der Waals surface area contributed by atoms with Crippen molar-refractivity contribution in [2.24, 2.45) is 0 Å². The molecule has 3 nitrogen and oxygen atoms in total. The second kappa shape index (κ2) is 5.72. The molecule has 1 aliphatic heterocycles. The van der Waals surface area contributed by atoms with Gasteiger partial charge in [-0.05, 0) is 36.2 Å². The summed E-state index contributed by atoms with van der Waals surface area (Å²) < 4.78 is 20.3. The molecule has 1 aliphatic rings. The monoisotopic (exact) mass is 342 g/mol. The number of pyridine rings is 1. The molecule has 0 radical (unpaired) electrons. The lowest BCUT2D eigenvalue weighted by Crippen LogP contribution is -2.53. The van der Waals surface area contributed by atoms with Crippen molar-refractivity contribution in [2.75, 3.05) is 18.5 Å². The number of aromatic nitrogens is 1. The van der Waals surface area contributed by atoms with Crippen LogP contribution in [0.4, 0.5) is 10.1 Å². The van der Waals surface area contributed by atoms with E-state index < -0.39 is 5.54 Å². The Hall–Kier alpha value is -2.17. The highest BCUT2D eigenvalue weighted by Crippen LogP contribution is 2.38. The van der Waals surface area contributed by atoms with E-state index in [1.54, 1.807) is 18.3 Å². The first-order chi connectivity index (χ1) is 11.6. The van der Waals surface area contributed by atoms with Crippen LogP contribution in [0.1, 0.15) is 11.1 Å². The SMILES string of the molecule is Cc1c(Cl)cccc1C1(Nc2ccc3cccnc3c2F)COC1. The van der Waals surface area contributed by atoms with Gasteiger partial charge in [0.25, 0.3) is 0 Å². The lowest BCUT2D eigenvalue weighted by atomic mass is 9.84. The predicted molar refractivity (Wildman–Crippen MR) is 94.0 cm³/mol. The molecule has 0 aliphatic carbocycles. The average Bonchev–Trinajstić information content (AvgIpc) is 2.56. The maximum atomic E-state index is 14.9. The fourth-order valence-corrected chi connectivity index (χ4v) is 3.37. The summed E-state index contributed by atoms with van der Waals surface area (Å²) in [4.78, 5) is 4.15. The van der Waals surface area contributed by atoms with Crippen molar-refractivity contribution in [1.82, 2.24) is 4.98 Å². The molecule has 0 atom stereocenters. The normalized spacial score (nSPS) is 16.0. The Labute approximate surface area is 144 Å². The van der Waals surface area contributed by atoms with E-state index in [1.165, 1.54) is 0 Å². The van der Waals surface area contributed by atoms with E-state index in [1.807, 2.05) is 37.3 Å². The molecule has 2 heterocycles. The Morgan fingerprint density at radius 1 is 1.17 bits per heavy atom. The smallest absolute Gasteiger partial charge is 0.172 e. The average molecular weight is 343 g/mol. The molecular weight excluding hydrogens is 327 g/mol. The van der Waals surface area contributed by atoms with Gasteiger partial charge in [-0.2, -0.15) is 0 Å². The van der Waals surface area contributed by atoms with E-state index >= 15 is 0 Å². The standard InChI is InChI=1S/C19H16ClFN2O/c1-12-14(5-2-6-15(12)20)19(10-24-11-19)23-16-8-7-13-4-3-9-22-18(13)17(16)21/h2-9,23H,10-11H2,1H3. The van der Waals surface area contributed by atoms with Crippen LogP contribution in [0.5, 0.6) is 0 Å². The topological polar surface area (TPSA) is 34.2 Å². The van der Waals surface area contributed by atoms with Crippen LogP contribution in [0.25, 0.3) is 10.9 Å². The molecule has 122 valence electrons. The number of halogens is 2. The van der Waals surface area contributed by atoms with E-state index in [4.69, 9.17) is 16.3 Å². The van der Waals surface area contributed by atoms with Crippen LogP contribution in [0, 0.1) is 12.7 Å². The lowest BCUT2D eigenvalue weighted by molar-refractivity contribution is -0.0451. The second-order valence-electron chi connectivity index (χ2n) is 6.11. The number of benzene rings is 2. The number of rotatable bonds is 3. The lowest BCUT2D eigenvalue weighted by Gasteiger charge is -2.44. The van der Waals surface area contributed by atoms with Crippen LogP contribution in [0.15, 0.2) is 48.7 Å². The van der Waals surface area contributed by atoms with Gasteiger partial charge in [-0.3, -0.25) is 4.98 Å². The van der Waals surface area contributed by atoms with Crippen LogP contribution < -0.4 is 5.32 Å². The zero-order valence-electron chi connectivity index (χ0n) is 13.1. The highest BCUT2D eigenvalue weighted by molar-refractivity contribution is 6.31. The van der Waals surface area contributed by atoms with Crippen molar-refractivity contribution in [2.45, 2.75) is 12.5 Å². The Kier molecular flexibility index (Phi) is 3.66. The number of ether oxygens (including phenoxy) is 1. The first-order valence-electron chi connectivity index (χ1n) is 7.75. The third-order valence-electron chi connectivity index (χ3n) is 4.57. The molecule has 0 bridgehead atoms. The molecule has 3 aromatic rings. The molecule has 0 saturated carbocycles. The second-order valence-corrected chi connectivity index (χ2v) is 6.52. The summed E-state index contributed by atoms with van der Waals surface area (Å²) in [5, 5.41) is 4.81. The molecule has 1 N–H and O–H groups in total. The molecule has 0 amide bonds. The summed E-state index contributed by atoms with van der Waals surface area (Å²) in [5.74, 6) is -0.348. The Morgan fingerprint density at radius 3 is 2.75 bits per heavy atom. The minimum absolute atomic E-state index is 0.348. The van der Waals surface area contributed by atoms with Gasteiger partial charge in [-0.15, -0.1) is 0 Å². The molecule has 0 unspecified atom stereocenters. The maximum absolute atomic E-state index is 14.9.